The Bertz CT molecular complexity index is 705. The Morgan fingerprint density at radius 3 is 2.09 bits per heavy atom. The third-order valence-electron chi connectivity index (χ3n) is 3.42. The van der Waals surface area contributed by atoms with Crippen molar-refractivity contribution in [3.63, 3.8) is 0 Å². The Labute approximate surface area is 145 Å². The Morgan fingerprint density at radius 2 is 1.52 bits per heavy atom. The summed E-state index contributed by atoms with van der Waals surface area (Å²) in [5.41, 5.74) is 0.776. The van der Waals surface area contributed by atoms with Crippen LogP contribution in [-0.4, -0.2) is 16.7 Å². The van der Waals surface area contributed by atoms with Crippen molar-refractivity contribution in [2.24, 2.45) is 5.41 Å². The van der Waals surface area contributed by atoms with E-state index < -0.39 is 5.41 Å². The lowest BCUT2D eigenvalue weighted by atomic mass is 9.94. The second-order valence-corrected chi connectivity index (χ2v) is 7.27. The zero-order valence-corrected chi connectivity index (χ0v) is 15.1. The minimum Gasteiger partial charge on any atom is -0.274 e. The van der Waals surface area contributed by atoms with Crippen LogP contribution in [0.3, 0.4) is 0 Å². The first-order chi connectivity index (χ1) is 10.8. The molecule has 0 atom stereocenters. The van der Waals surface area contributed by atoms with E-state index >= 15 is 0 Å². The van der Waals surface area contributed by atoms with E-state index in [-0.39, 0.29) is 18.4 Å². The molecular weight excluding hydrogens is 354 g/mol. The van der Waals surface area contributed by atoms with Crippen LogP contribution in [0.4, 0.5) is 0 Å². The first-order valence-electron chi connectivity index (χ1n) is 7.45. The van der Waals surface area contributed by atoms with Crippen LogP contribution < -0.4 is 0 Å². The van der Waals surface area contributed by atoms with Crippen LogP contribution in [0.25, 0.3) is 0 Å². The number of hydrogen-bond acceptors (Lipinski definition) is 2. The standard InChI is InChI=1S/C19H20BrNO2/c1-19(2,3)18(23)21(13-14-9-5-4-6-10-14)17(22)15-11-7-8-12-16(15)20/h4-12H,13H2,1-3H3. The van der Waals surface area contributed by atoms with Crippen molar-refractivity contribution < 1.29 is 9.59 Å². The Kier molecular flexibility index (Phi) is 5.37. The third kappa shape index (κ3) is 4.29. The van der Waals surface area contributed by atoms with Gasteiger partial charge in [0, 0.05) is 9.89 Å². The van der Waals surface area contributed by atoms with Crippen molar-refractivity contribution in [3.05, 3.63) is 70.2 Å². The molecule has 0 fully saturated rings. The number of benzene rings is 2. The Balaban J connectivity index is 2.39. The summed E-state index contributed by atoms with van der Waals surface area (Å²) in [5.74, 6) is -0.483. The molecule has 0 heterocycles. The van der Waals surface area contributed by atoms with Crippen molar-refractivity contribution in [2.45, 2.75) is 27.3 Å². The Morgan fingerprint density at radius 1 is 0.957 bits per heavy atom. The maximum atomic E-state index is 12.9. The van der Waals surface area contributed by atoms with Crippen molar-refractivity contribution in [1.82, 2.24) is 4.90 Å². The lowest BCUT2D eigenvalue weighted by Gasteiger charge is -2.28. The fourth-order valence-electron chi connectivity index (χ4n) is 2.19. The van der Waals surface area contributed by atoms with Gasteiger partial charge in [-0.05, 0) is 33.6 Å². The molecule has 23 heavy (non-hydrogen) atoms. The average molecular weight is 374 g/mol. The van der Waals surface area contributed by atoms with Crippen LogP contribution in [0.5, 0.6) is 0 Å². The summed E-state index contributed by atoms with van der Waals surface area (Å²) in [6.45, 7) is 5.72. The van der Waals surface area contributed by atoms with Gasteiger partial charge >= 0.3 is 0 Å². The van der Waals surface area contributed by atoms with Crippen LogP contribution in [0, 0.1) is 5.41 Å². The van der Waals surface area contributed by atoms with Crippen LogP contribution in [0.15, 0.2) is 59.1 Å². The van der Waals surface area contributed by atoms with Crippen LogP contribution in [0.1, 0.15) is 36.7 Å². The van der Waals surface area contributed by atoms with E-state index in [1.54, 1.807) is 18.2 Å². The molecule has 2 aromatic carbocycles. The highest BCUT2D eigenvalue weighted by Gasteiger charge is 2.32. The number of halogens is 1. The fourth-order valence-corrected chi connectivity index (χ4v) is 2.64. The van der Waals surface area contributed by atoms with Gasteiger partial charge in [0.2, 0.25) is 5.91 Å². The number of hydrogen-bond donors (Lipinski definition) is 0. The van der Waals surface area contributed by atoms with E-state index in [1.165, 1.54) is 4.90 Å². The molecule has 0 unspecified atom stereocenters. The molecule has 0 N–H and O–H groups in total. The minimum atomic E-state index is -0.633. The number of nitrogens with zero attached hydrogens (tertiary/aromatic N) is 1. The lowest BCUT2D eigenvalue weighted by molar-refractivity contribution is -0.137. The SMILES string of the molecule is CC(C)(C)C(=O)N(Cc1ccccc1)C(=O)c1ccccc1Br. The van der Waals surface area contributed by atoms with Crippen molar-refractivity contribution in [2.75, 3.05) is 0 Å². The van der Waals surface area contributed by atoms with Gasteiger partial charge in [0.15, 0.2) is 0 Å². The first kappa shape index (κ1) is 17.4. The Hall–Kier alpha value is -1.94. The highest BCUT2D eigenvalue weighted by atomic mass is 79.9. The molecule has 4 heteroatoms. The first-order valence-corrected chi connectivity index (χ1v) is 8.25. The summed E-state index contributed by atoms with van der Waals surface area (Å²) >= 11 is 3.39. The molecule has 0 aromatic heterocycles. The molecule has 0 aliphatic rings. The van der Waals surface area contributed by atoms with Crippen LogP contribution in [-0.2, 0) is 11.3 Å². The maximum Gasteiger partial charge on any atom is 0.261 e. The van der Waals surface area contributed by atoms with Gasteiger partial charge in [-0.25, -0.2) is 0 Å². The van der Waals surface area contributed by atoms with Crippen LogP contribution in [0.2, 0.25) is 0 Å². The topological polar surface area (TPSA) is 37.4 Å². The molecule has 120 valence electrons. The molecule has 0 saturated heterocycles. The van der Waals surface area contributed by atoms with Gasteiger partial charge in [0.1, 0.15) is 0 Å². The normalized spacial score (nSPS) is 11.1. The molecule has 2 amide bonds. The minimum absolute atomic E-state index is 0.192. The summed E-state index contributed by atoms with van der Waals surface area (Å²) in [5, 5.41) is 0. The van der Waals surface area contributed by atoms with Crippen molar-refractivity contribution in [1.29, 1.82) is 0 Å². The van der Waals surface area contributed by atoms with Gasteiger partial charge in [-0.3, -0.25) is 14.5 Å². The summed E-state index contributed by atoms with van der Waals surface area (Å²) in [7, 11) is 0. The molecule has 0 aliphatic heterocycles. The molecule has 0 radical (unpaired) electrons. The van der Waals surface area contributed by atoms with Crippen LogP contribution >= 0.6 is 15.9 Å². The largest absolute Gasteiger partial charge is 0.274 e. The highest BCUT2D eigenvalue weighted by Crippen LogP contribution is 2.24. The highest BCUT2D eigenvalue weighted by molar-refractivity contribution is 9.10. The monoisotopic (exact) mass is 373 g/mol. The van der Waals surface area contributed by atoms with E-state index in [9.17, 15) is 9.59 Å². The number of carbonyl (C=O) groups is 2. The lowest BCUT2D eigenvalue weighted by Crippen LogP contribution is -2.43. The molecule has 0 aliphatic carbocycles. The molecular formula is C19H20BrNO2. The zero-order valence-electron chi connectivity index (χ0n) is 13.5. The van der Waals surface area contributed by atoms with E-state index in [4.69, 9.17) is 0 Å². The summed E-state index contributed by atoms with van der Waals surface area (Å²) in [4.78, 5) is 27.0. The molecule has 0 spiro atoms. The summed E-state index contributed by atoms with van der Waals surface area (Å²) < 4.78 is 0.685. The van der Waals surface area contributed by atoms with Gasteiger partial charge in [-0.2, -0.15) is 0 Å². The zero-order chi connectivity index (χ0) is 17.0. The number of rotatable bonds is 3. The smallest absolute Gasteiger partial charge is 0.261 e. The molecule has 2 rings (SSSR count). The quantitative estimate of drug-likeness (QED) is 0.783. The van der Waals surface area contributed by atoms with Crippen molar-refractivity contribution >= 4 is 27.7 Å². The summed E-state index contributed by atoms with van der Waals surface area (Å²) in [6, 6.07) is 16.7. The van der Waals surface area contributed by atoms with Gasteiger partial charge in [0.05, 0.1) is 12.1 Å². The predicted octanol–water partition coefficient (Wildman–Crippen LogP) is 4.66. The molecule has 2 aromatic rings. The second-order valence-electron chi connectivity index (χ2n) is 6.41. The van der Waals surface area contributed by atoms with E-state index in [1.807, 2.05) is 57.2 Å². The van der Waals surface area contributed by atoms with E-state index in [2.05, 4.69) is 15.9 Å². The van der Waals surface area contributed by atoms with Gasteiger partial charge in [0.25, 0.3) is 5.91 Å². The van der Waals surface area contributed by atoms with Gasteiger partial charge < -0.3 is 0 Å². The number of amides is 2. The van der Waals surface area contributed by atoms with E-state index in [0.717, 1.165) is 5.56 Å². The number of carbonyl (C=O) groups excluding carboxylic acids is 2. The fraction of sp³-hybridized carbons (Fsp3) is 0.263. The molecule has 0 bridgehead atoms. The van der Waals surface area contributed by atoms with Crippen molar-refractivity contribution in [3.8, 4) is 0 Å². The van der Waals surface area contributed by atoms with Gasteiger partial charge in [-0.1, -0.05) is 63.2 Å². The maximum absolute atomic E-state index is 12.9. The molecule has 0 saturated carbocycles. The summed E-state index contributed by atoms with van der Waals surface area (Å²) in [6.07, 6.45) is 0. The number of imide groups is 1. The second kappa shape index (κ2) is 7.09. The average Bonchev–Trinajstić information content (AvgIpc) is 2.52. The molecule has 3 nitrogen and oxygen atoms in total. The predicted molar refractivity (Wildman–Crippen MR) is 94.9 cm³/mol. The third-order valence-corrected chi connectivity index (χ3v) is 4.11. The van der Waals surface area contributed by atoms with Gasteiger partial charge in [-0.15, -0.1) is 0 Å². The van der Waals surface area contributed by atoms with E-state index in [0.29, 0.717) is 10.0 Å².